The predicted octanol–water partition coefficient (Wildman–Crippen LogP) is 1.12. The van der Waals surface area contributed by atoms with E-state index in [0.717, 1.165) is 22.6 Å². The third-order valence-corrected chi connectivity index (χ3v) is 3.08. The number of benzene rings is 1. The molecule has 3 N–H and O–H groups in total. The van der Waals surface area contributed by atoms with Crippen molar-refractivity contribution in [3.8, 4) is 11.5 Å². The molecule has 0 fully saturated rings. The fourth-order valence-electron chi connectivity index (χ4n) is 1.97. The number of aryl methyl sites for hydroxylation is 1. The van der Waals surface area contributed by atoms with Gasteiger partial charge in [-0.1, -0.05) is 0 Å². The van der Waals surface area contributed by atoms with Gasteiger partial charge in [-0.3, -0.25) is 4.79 Å². The molecule has 0 saturated carbocycles. The lowest BCUT2D eigenvalue weighted by Gasteiger charge is -2.20. The van der Waals surface area contributed by atoms with Crippen LogP contribution < -0.4 is 20.5 Å². The van der Waals surface area contributed by atoms with Crippen LogP contribution in [0.15, 0.2) is 12.1 Å². The maximum atomic E-state index is 11.6. The molecular formula is C14H20N2O3. The first-order chi connectivity index (χ1) is 9.20. The van der Waals surface area contributed by atoms with Gasteiger partial charge in [0, 0.05) is 13.0 Å². The lowest BCUT2D eigenvalue weighted by Crippen LogP contribution is -2.24. The van der Waals surface area contributed by atoms with Gasteiger partial charge in [0.05, 0.1) is 0 Å². The molecule has 5 heteroatoms. The number of ether oxygens (including phenoxy) is 2. The number of rotatable bonds is 5. The number of nitrogens with two attached hydrogens (primary N) is 1. The van der Waals surface area contributed by atoms with Crippen LogP contribution in [-0.2, 0) is 11.3 Å². The van der Waals surface area contributed by atoms with Crippen molar-refractivity contribution >= 4 is 5.91 Å². The van der Waals surface area contributed by atoms with Gasteiger partial charge in [-0.2, -0.15) is 0 Å². The van der Waals surface area contributed by atoms with Crippen molar-refractivity contribution in [1.82, 2.24) is 5.32 Å². The molecular weight excluding hydrogens is 244 g/mol. The lowest BCUT2D eigenvalue weighted by atomic mass is 10.1. The third kappa shape index (κ3) is 3.61. The number of carbonyl (C=O) groups is 1. The van der Waals surface area contributed by atoms with Gasteiger partial charge in [0.15, 0.2) is 11.5 Å². The zero-order valence-electron chi connectivity index (χ0n) is 11.2. The molecule has 0 saturated heterocycles. The Bertz CT molecular complexity index is 460. The topological polar surface area (TPSA) is 73.6 Å². The van der Waals surface area contributed by atoms with E-state index in [4.69, 9.17) is 15.2 Å². The summed E-state index contributed by atoms with van der Waals surface area (Å²) < 4.78 is 11.0. The maximum absolute atomic E-state index is 11.6. The highest BCUT2D eigenvalue weighted by atomic mass is 16.6. The maximum Gasteiger partial charge on any atom is 0.220 e. The Balaban J connectivity index is 1.98. The van der Waals surface area contributed by atoms with Crippen molar-refractivity contribution in [2.75, 3.05) is 19.8 Å². The molecule has 0 aliphatic carbocycles. The van der Waals surface area contributed by atoms with Crippen molar-refractivity contribution in [3.63, 3.8) is 0 Å². The number of carbonyl (C=O) groups excluding carboxylic acids is 1. The van der Waals surface area contributed by atoms with E-state index >= 15 is 0 Å². The molecule has 1 amide bonds. The predicted molar refractivity (Wildman–Crippen MR) is 72.3 cm³/mol. The van der Waals surface area contributed by atoms with Crippen molar-refractivity contribution in [2.24, 2.45) is 5.73 Å². The lowest BCUT2D eigenvalue weighted by molar-refractivity contribution is -0.121. The highest BCUT2D eigenvalue weighted by molar-refractivity contribution is 5.75. The molecule has 2 rings (SSSR count). The first kappa shape index (κ1) is 13.7. The molecule has 1 aliphatic rings. The molecule has 0 atom stereocenters. The third-order valence-electron chi connectivity index (χ3n) is 3.08. The minimum absolute atomic E-state index is 0.0275. The van der Waals surface area contributed by atoms with E-state index in [1.54, 1.807) is 0 Å². The summed E-state index contributed by atoms with van der Waals surface area (Å²) in [6, 6.07) is 3.89. The van der Waals surface area contributed by atoms with Gasteiger partial charge in [0.1, 0.15) is 13.2 Å². The van der Waals surface area contributed by atoms with Crippen LogP contribution in [0.2, 0.25) is 0 Å². The van der Waals surface area contributed by atoms with Crippen LogP contribution in [-0.4, -0.2) is 25.7 Å². The Morgan fingerprint density at radius 2 is 2.00 bits per heavy atom. The summed E-state index contributed by atoms with van der Waals surface area (Å²) in [5.74, 6) is 1.56. The van der Waals surface area contributed by atoms with E-state index in [1.165, 1.54) is 0 Å². The molecule has 0 unspecified atom stereocenters. The van der Waals surface area contributed by atoms with E-state index in [-0.39, 0.29) is 5.91 Å². The normalized spacial score (nSPS) is 13.2. The van der Waals surface area contributed by atoms with Crippen LogP contribution in [0.3, 0.4) is 0 Å². The molecule has 104 valence electrons. The Morgan fingerprint density at radius 3 is 2.68 bits per heavy atom. The van der Waals surface area contributed by atoms with Crippen LogP contribution in [0.5, 0.6) is 11.5 Å². The average molecular weight is 264 g/mol. The van der Waals surface area contributed by atoms with Gasteiger partial charge < -0.3 is 20.5 Å². The Morgan fingerprint density at radius 1 is 1.32 bits per heavy atom. The van der Waals surface area contributed by atoms with Crippen molar-refractivity contribution in [2.45, 2.75) is 26.3 Å². The van der Waals surface area contributed by atoms with Gasteiger partial charge >= 0.3 is 0 Å². The molecule has 0 radical (unpaired) electrons. The Labute approximate surface area is 113 Å². The second-order valence-electron chi connectivity index (χ2n) is 4.59. The number of nitrogens with one attached hydrogen (secondary N) is 1. The van der Waals surface area contributed by atoms with Gasteiger partial charge in [0.2, 0.25) is 5.91 Å². The highest BCUT2D eigenvalue weighted by Gasteiger charge is 2.14. The quantitative estimate of drug-likeness (QED) is 0.836. The van der Waals surface area contributed by atoms with Gasteiger partial charge in [0.25, 0.3) is 0 Å². The minimum atomic E-state index is 0.0275. The van der Waals surface area contributed by atoms with E-state index in [9.17, 15) is 4.79 Å². The second kappa shape index (κ2) is 6.43. The summed E-state index contributed by atoms with van der Waals surface area (Å²) in [6.45, 7) is 4.20. The molecule has 19 heavy (non-hydrogen) atoms. The smallest absolute Gasteiger partial charge is 0.220 e. The summed E-state index contributed by atoms with van der Waals surface area (Å²) in [4.78, 5) is 11.6. The van der Waals surface area contributed by atoms with E-state index in [1.807, 2.05) is 19.1 Å². The number of fused-ring (bicyclic) bond motifs is 1. The van der Waals surface area contributed by atoms with Gasteiger partial charge in [-0.15, -0.1) is 0 Å². The number of hydrogen-bond acceptors (Lipinski definition) is 4. The summed E-state index contributed by atoms with van der Waals surface area (Å²) in [7, 11) is 0. The van der Waals surface area contributed by atoms with Gasteiger partial charge in [-0.25, -0.2) is 0 Å². The van der Waals surface area contributed by atoms with Crippen LogP contribution >= 0.6 is 0 Å². The molecule has 1 aliphatic heterocycles. The zero-order chi connectivity index (χ0) is 13.7. The molecule has 0 aromatic heterocycles. The highest BCUT2D eigenvalue weighted by Crippen LogP contribution is 2.32. The standard InChI is InChI=1S/C14H20N2O3/c1-10-7-12-13(19-6-5-18-12)8-11(10)9-16-14(17)3-2-4-15/h7-8H,2-6,9,15H2,1H3,(H,16,17). The average Bonchev–Trinajstić information content (AvgIpc) is 2.42. The SMILES string of the molecule is Cc1cc2c(cc1CNC(=O)CCCN)OCCO2. The molecule has 5 nitrogen and oxygen atoms in total. The van der Waals surface area contributed by atoms with Gasteiger partial charge in [-0.05, 0) is 43.1 Å². The van der Waals surface area contributed by atoms with Crippen molar-refractivity contribution in [3.05, 3.63) is 23.3 Å². The monoisotopic (exact) mass is 264 g/mol. The fraction of sp³-hybridized carbons (Fsp3) is 0.500. The molecule has 0 bridgehead atoms. The molecule has 0 spiro atoms. The fourth-order valence-corrected chi connectivity index (χ4v) is 1.97. The summed E-state index contributed by atoms with van der Waals surface area (Å²) >= 11 is 0. The van der Waals surface area contributed by atoms with Crippen molar-refractivity contribution in [1.29, 1.82) is 0 Å². The summed E-state index contributed by atoms with van der Waals surface area (Å²) in [6.07, 6.45) is 1.19. The van der Waals surface area contributed by atoms with Crippen LogP contribution in [0.4, 0.5) is 0 Å². The summed E-state index contributed by atoms with van der Waals surface area (Å²) in [5.41, 5.74) is 7.51. The minimum Gasteiger partial charge on any atom is -0.486 e. The zero-order valence-corrected chi connectivity index (χ0v) is 11.2. The molecule has 1 aromatic rings. The first-order valence-corrected chi connectivity index (χ1v) is 6.56. The Hall–Kier alpha value is -1.75. The van der Waals surface area contributed by atoms with E-state index < -0.39 is 0 Å². The summed E-state index contributed by atoms with van der Waals surface area (Å²) in [5, 5.41) is 2.89. The van der Waals surface area contributed by atoms with Crippen LogP contribution in [0.25, 0.3) is 0 Å². The van der Waals surface area contributed by atoms with Crippen LogP contribution in [0.1, 0.15) is 24.0 Å². The number of hydrogen-bond donors (Lipinski definition) is 2. The Kier molecular flexibility index (Phi) is 4.63. The molecule has 1 heterocycles. The van der Waals surface area contributed by atoms with E-state index in [2.05, 4.69) is 5.32 Å². The number of amides is 1. The van der Waals surface area contributed by atoms with Crippen LogP contribution in [0, 0.1) is 6.92 Å². The molecule has 1 aromatic carbocycles. The van der Waals surface area contributed by atoms with Crippen molar-refractivity contribution < 1.29 is 14.3 Å². The second-order valence-corrected chi connectivity index (χ2v) is 4.59. The van der Waals surface area contributed by atoms with E-state index in [0.29, 0.717) is 39.1 Å². The largest absolute Gasteiger partial charge is 0.486 e. The first-order valence-electron chi connectivity index (χ1n) is 6.56.